The highest BCUT2D eigenvalue weighted by atomic mass is 19.1. The maximum atomic E-state index is 13.0. The van der Waals surface area contributed by atoms with Crippen LogP contribution in [0.1, 0.15) is 11.6 Å². The van der Waals surface area contributed by atoms with Gasteiger partial charge in [0.15, 0.2) is 0 Å². The predicted molar refractivity (Wildman–Crippen MR) is 49.6 cm³/mol. The molecule has 1 rings (SSSR count). The fraction of sp³-hybridized carbons (Fsp3) is 0.333. The number of nitrogens with two attached hydrogens (primary N) is 2. The van der Waals surface area contributed by atoms with Crippen LogP contribution in [0.25, 0.3) is 0 Å². The third-order valence-electron chi connectivity index (χ3n) is 1.87. The monoisotopic (exact) mass is 202 g/mol. The van der Waals surface area contributed by atoms with Gasteiger partial charge in [0.1, 0.15) is 11.6 Å². The van der Waals surface area contributed by atoms with Gasteiger partial charge in [-0.1, -0.05) is 0 Å². The van der Waals surface area contributed by atoms with Crippen LogP contribution in [0.15, 0.2) is 12.1 Å². The number of hydrogen-bond donors (Lipinski definition) is 2. The SMILES string of the molecule is COC[C@H](N)c1cc(F)cc(F)c1N. The molecule has 0 aromatic heterocycles. The second kappa shape index (κ2) is 4.34. The highest BCUT2D eigenvalue weighted by Crippen LogP contribution is 2.23. The van der Waals surface area contributed by atoms with Gasteiger partial charge in [-0.3, -0.25) is 0 Å². The lowest BCUT2D eigenvalue weighted by molar-refractivity contribution is 0.181. The Morgan fingerprint density at radius 1 is 1.43 bits per heavy atom. The molecular formula is C9H12F2N2O. The van der Waals surface area contributed by atoms with Crippen LogP contribution in [0.4, 0.5) is 14.5 Å². The van der Waals surface area contributed by atoms with Gasteiger partial charge in [-0.2, -0.15) is 0 Å². The number of methoxy groups -OCH3 is 1. The van der Waals surface area contributed by atoms with Crippen LogP contribution >= 0.6 is 0 Å². The van der Waals surface area contributed by atoms with Gasteiger partial charge >= 0.3 is 0 Å². The zero-order chi connectivity index (χ0) is 10.7. The highest BCUT2D eigenvalue weighted by Gasteiger charge is 2.14. The van der Waals surface area contributed by atoms with Gasteiger partial charge in [0.25, 0.3) is 0 Å². The predicted octanol–water partition coefficient (Wildman–Crippen LogP) is 1.19. The van der Waals surface area contributed by atoms with Crippen molar-refractivity contribution in [2.75, 3.05) is 19.5 Å². The van der Waals surface area contributed by atoms with Gasteiger partial charge in [-0.25, -0.2) is 8.78 Å². The van der Waals surface area contributed by atoms with Crippen molar-refractivity contribution in [1.82, 2.24) is 0 Å². The number of anilines is 1. The minimum Gasteiger partial charge on any atom is -0.396 e. The van der Waals surface area contributed by atoms with Crippen molar-refractivity contribution >= 4 is 5.69 Å². The molecule has 1 aromatic carbocycles. The second-order valence-electron chi connectivity index (χ2n) is 2.95. The zero-order valence-corrected chi connectivity index (χ0v) is 7.76. The average molecular weight is 202 g/mol. The number of hydrogen-bond acceptors (Lipinski definition) is 3. The van der Waals surface area contributed by atoms with E-state index >= 15 is 0 Å². The molecule has 0 radical (unpaired) electrons. The minimum atomic E-state index is -0.799. The first-order valence-corrected chi connectivity index (χ1v) is 4.05. The number of ether oxygens (including phenoxy) is 1. The standard InChI is InChI=1S/C9H12F2N2O/c1-14-4-8(12)6-2-5(10)3-7(11)9(6)13/h2-3,8H,4,12-13H2,1H3/t8-/m0/s1. The molecule has 14 heavy (non-hydrogen) atoms. The lowest BCUT2D eigenvalue weighted by atomic mass is 10.1. The van der Waals surface area contributed by atoms with Crippen LogP contribution in [0.5, 0.6) is 0 Å². The van der Waals surface area contributed by atoms with Gasteiger partial charge < -0.3 is 16.2 Å². The average Bonchev–Trinajstić information content (AvgIpc) is 2.11. The van der Waals surface area contributed by atoms with E-state index in [-0.39, 0.29) is 17.9 Å². The molecule has 0 heterocycles. The van der Waals surface area contributed by atoms with Gasteiger partial charge in [0.2, 0.25) is 0 Å². The minimum absolute atomic E-state index is 0.129. The molecule has 0 aliphatic rings. The smallest absolute Gasteiger partial charge is 0.149 e. The van der Waals surface area contributed by atoms with Crippen LogP contribution in [-0.4, -0.2) is 13.7 Å². The zero-order valence-electron chi connectivity index (χ0n) is 7.76. The van der Waals surface area contributed by atoms with Crippen molar-refractivity contribution in [2.24, 2.45) is 5.73 Å². The summed E-state index contributed by atoms with van der Waals surface area (Å²) in [5, 5.41) is 0. The summed E-state index contributed by atoms with van der Waals surface area (Å²) in [6, 6.07) is 1.21. The Hall–Kier alpha value is -1.20. The van der Waals surface area contributed by atoms with E-state index in [4.69, 9.17) is 16.2 Å². The van der Waals surface area contributed by atoms with Crippen molar-refractivity contribution < 1.29 is 13.5 Å². The summed E-state index contributed by atoms with van der Waals surface area (Å²) in [4.78, 5) is 0. The molecule has 0 saturated carbocycles. The Bertz CT molecular complexity index is 331. The van der Waals surface area contributed by atoms with E-state index in [1.807, 2.05) is 0 Å². The lowest BCUT2D eigenvalue weighted by Crippen LogP contribution is -2.18. The summed E-state index contributed by atoms with van der Waals surface area (Å²) in [6.45, 7) is 0.160. The molecule has 0 amide bonds. The van der Waals surface area contributed by atoms with E-state index < -0.39 is 17.7 Å². The topological polar surface area (TPSA) is 61.3 Å². The van der Waals surface area contributed by atoms with E-state index in [1.165, 1.54) is 7.11 Å². The van der Waals surface area contributed by atoms with Crippen LogP contribution in [0.2, 0.25) is 0 Å². The van der Waals surface area contributed by atoms with Crippen molar-refractivity contribution in [3.05, 3.63) is 29.3 Å². The summed E-state index contributed by atoms with van der Waals surface area (Å²) >= 11 is 0. The first-order valence-electron chi connectivity index (χ1n) is 4.05. The molecule has 0 bridgehead atoms. The van der Waals surface area contributed by atoms with E-state index in [0.717, 1.165) is 12.1 Å². The molecule has 5 heteroatoms. The number of rotatable bonds is 3. The molecule has 0 spiro atoms. The summed E-state index contributed by atoms with van der Waals surface area (Å²) < 4.78 is 30.6. The third-order valence-corrected chi connectivity index (χ3v) is 1.87. The Morgan fingerprint density at radius 3 is 2.64 bits per heavy atom. The van der Waals surface area contributed by atoms with Crippen LogP contribution in [0, 0.1) is 11.6 Å². The number of benzene rings is 1. The van der Waals surface area contributed by atoms with Crippen molar-refractivity contribution in [2.45, 2.75) is 6.04 Å². The van der Waals surface area contributed by atoms with E-state index in [1.54, 1.807) is 0 Å². The van der Waals surface area contributed by atoms with Crippen molar-refractivity contribution in [3.63, 3.8) is 0 Å². The van der Waals surface area contributed by atoms with E-state index in [0.29, 0.717) is 0 Å². The molecule has 1 atom stereocenters. The molecule has 0 aliphatic carbocycles. The first-order chi connectivity index (χ1) is 6.56. The summed E-state index contributed by atoms with van der Waals surface area (Å²) in [6.07, 6.45) is 0. The molecule has 0 aliphatic heterocycles. The lowest BCUT2D eigenvalue weighted by Gasteiger charge is -2.13. The summed E-state index contributed by atoms with van der Waals surface area (Å²) in [7, 11) is 1.45. The van der Waals surface area contributed by atoms with Gasteiger partial charge in [-0.15, -0.1) is 0 Å². The van der Waals surface area contributed by atoms with Crippen molar-refractivity contribution in [3.8, 4) is 0 Å². The molecule has 4 N–H and O–H groups in total. The number of halogens is 2. The van der Waals surface area contributed by atoms with E-state index in [2.05, 4.69) is 0 Å². The third kappa shape index (κ3) is 2.18. The molecule has 0 saturated heterocycles. The van der Waals surface area contributed by atoms with Gasteiger partial charge in [0, 0.05) is 13.2 Å². The normalized spacial score (nSPS) is 12.9. The summed E-state index contributed by atoms with van der Waals surface area (Å²) in [5.74, 6) is -1.50. The second-order valence-corrected chi connectivity index (χ2v) is 2.95. The van der Waals surface area contributed by atoms with Crippen LogP contribution < -0.4 is 11.5 Å². The Balaban J connectivity index is 3.07. The molecule has 1 aromatic rings. The molecular weight excluding hydrogens is 190 g/mol. The number of nitrogen functional groups attached to an aromatic ring is 1. The summed E-state index contributed by atoms with van der Waals surface area (Å²) in [5.41, 5.74) is 11.1. The van der Waals surface area contributed by atoms with Crippen molar-refractivity contribution in [1.29, 1.82) is 0 Å². The van der Waals surface area contributed by atoms with E-state index in [9.17, 15) is 8.78 Å². The Kier molecular flexibility index (Phi) is 3.38. The fourth-order valence-electron chi connectivity index (χ4n) is 1.18. The molecule has 78 valence electrons. The maximum absolute atomic E-state index is 13.0. The molecule has 0 fully saturated rings. The van der Waals surface area contributed by atoms with Crippen LogP contribution in [0.3, 0.4) is 0 Å². The Labute approximate surface area is 80.7 Å². The van der Waals surface area contributed by atoms with Crippen LogP contribution in [-0.2, 0) is 4.74 Å². The Morgan fingerprint density at radius 2 is 2.07 bits per heavy atom. The quantitative estimate of drug-likeness (QED) is 0.724. The maximum Gasteiger partial charge on any atom is 0.149 e. The highest BCUT2D eigenvalue weighted by molar-refractivity contribution is 5.49. The van der Waals surface area contributed by atoms with Gasteiger partial charge in [0.05, 0.1) is 18.3 Å². The molecule has 3 nitrogen and oxygen atoms in total. The first kappa shape index (κ1) is 10.9. The fourth-order valence-corrected chi connectivity index (χ4v) is 1.18. The van der Waals surface area contributed by atoms with Gasteiger partial charge in [-0.05, 0) is 11.6 Å². The molecule has 0 unspecified atom stereocenters. The largest absolute Gasteiger partial charge is 0.396 e.